The highest BCUT2D eigenvalue weighted by Crippen LogP contribution is 2.35. The van der Waals surface area contributed by atoms with Crippen molar-refractivity contribution in [2.75, 3.05) is 12.8 Å². The van der Waals surface area contributed by atoms with Crippen LogP contribution in [-0.4, -0.2) is 7.11 Å². The van der Waals surface area contributed by atoms with E-state index in [0.717, 1.165) is 6.42 Å². The van der Waals surface area contributed by atoms with E-state index >= 15 is 0 Å². The summed E-state index contributed by atoms with van der Waals surface area (Å²) in [6.45, 7) is 2.09. The maximum atomic E-state index is 5.87. The Bertz CT molecular complexity index is 584. The molecule has 0 amide bonds. The van der Waals surface area contributed by atoms with Crippen LogP contribution in [0.5, 0.6) is 17.2 Å². The normalized spacial score (nSPS) is 10.3. The van der Waals surface area contributed by atoms with Gasteiger partial charge in [-0.3, -0.25) is 0 Å². The second-order valence-corrected chi connectivity index (χ2v) is 4.56. The quantitative estimate of drug-likeness (QED) is 0.848. The second-order valence-electron chi connectivity index (χ2n) is 4.12. The Balaban J connectivity index is 2.32. The van der Waals surface area contributed by atoms with Gasteiger partial charge in [-0.15, -0.1) is 0 Å². The fraction of sp³-hybridized carbons (Fsp3) is 0.200. The van der Waals surface area contributed by atoms with E-state index < -0.39 is 0 Å². The van der Waals surface area contributed by atoms with E-state index in [1.807, 2.05) is 18.2 Å². The van der Waals surface area contributed by atoms with Crippen molar-refractivity contribution in [2.45, 2.75) is 13.3 Å². The molecule has 0 fully saturated rings. The minimum atomic E-state index is 0.495. The molecule has 0 unspecified atom stereocenters. The molecule has 0 saturated heterocycles. The molecule has 2 aromatic carbocycles. The molecule has 0 aromatic heterocycles. The highest BCUT2D eigenvalue weighted by molar-refractivity contribution is 6.30. The lowest BCUT2D eigenvalue weighted by molar-refractivity contribution is 0.379. The SMILES string of the molecule is CCc1ccc(Oc2ccc(Cl)cc2N)c(OC)c1. The van der Waals surface area contributed by atoms with Crippen LogP contribution in [0.1, 0.15) is 12.5 Å². The molecule has 0 aliphatic heterocycles. The van der Waals surface area contributed by atoms with Gasteiger partial charge >= 0.3 is 0 Å². The van der Waals surface area contributed by atoms with Crippen molar-refractivity contribution >= 4 is 17.3 Å². The van der Waals surface area contributed by atoms with Gasteiger partial charge in [-0.25, -0.2) is 0 Å². The van der Waals surface area contributed by atoms with Crippen molar-refractivity contribution in [2.24, 2.45) is 0 Å². The van der Waals surface area contributed by atoms with Gasteiger partial charge in [0.15, 0.2) is 17.2 Å². The predicted octanol–water partition coefficient (Wildman–Crippen LogP) is 4.29. The van der Waals surface area contributed by atoms with Crippen LogP contribution in [-0.2, 0) is 6.42 Å². The number of anilines is 1. The van der Waals surface area contributed by atoms with E-state index in [-0.39, 0.29) is 0 Å². The van der Waals surface area contributed by atoms with Gasteiger partial charge in [0.05, 0.1) is 12.8 Å². The van der Waals surface area contributed by atoms with Crippen LogP contribution in [0.3, 0.4) is 0 Å². The minimum absolute atomic E-state index is 0.495. The molecule has 0 aliphatic carbocycles. The average Bonchev–Trinajstić information content (AvgIpc) is 2.42. The lowest BCUT2D eigenvalue weighted by Crippen LogP contribution is -1.95. The van der Waals surface area contributed by atoms with E-state index in [0.29, 0.717) is 28.0 Å². The Kier molecular flexibility index (Phi) is 4.17. The summed E-state index contributed by atoms with van der Waals surface area (Å²) in [4.78, 5) is 0. The van der Waals surface area contributed by atoms with E-state index in [1.165, 1.54) is 5.56 Å². The first-order valence-electron chi connectivity index (χ1n) is 6.04. The molecule has 0 saturated carbocycles. The highest BCUT2D eigenvalue weighted by atomic mass is 35.5. The van der Waals surface area contributed by atoms with Gasteiger partial charge in [-0.2, -0.15) is 0 Å². The topological polar surface area (TPSA) is 44.5 Å². The number of ether oxygens (including phenoxy) is 2. The van der Waals surface area contributed by atoms with E-state index in [2.05, 4.69) is 6.92 Å². The zero-order valence-electron chi connectivity index (χ0n) is 10.9. The van der Waals surface area contributed by atoms with Crippen molar-refractivity contribution in [1.82, 2.24) is 0 Å². The predicted molar refractivity (Wildman–Crippen MR) is 78.3 cm³/mol. The Hall–Kier alpha value is -1.87. The fourth-order valence-corrected chi connectivity index (χ4v) is 1.93. The summed E-state index contributed by atoms with van der Waals surface area (Å²) in [5, 5.41) is 0.582. The number of methoxy groups -OCH3 is 1. The standard InChI is InChI=1S/C15H16ClNO2/c1-3-10-4-6-14(15(8-10)18-2)19-13-7-5-11(16)9-12(13)17/h4-9H,3,17H2,1-2H3. The molecular weight excluding hydrogens is 262 g/mol. The molecular formula is C15H16ClNO2. The van der Waals surface area contributed by atoms with Gasteiger partial charge < -0.3 is 15.2 Å². The molecule has 0 aliphatic rings. The number of hydrogen-bond acceptors (Lipinski definition) is 3. The second kappa shape index (κ2) is 5.85. The lowest BCUT2D eigenvalue weighted by atomic mass is 10.1. The van der Waals surface area contributed by atoms with Crippen LogP contribution in [0.15, 0.2) is 36.4 Å². The smallest absolute Gasteiger partial charge is 0.169 e. The van der Waals surface area contributed by atoms with Crippen molar-refractivity contribution < 1.29 is 9.47 Å². The molecule has 4 heteroatoms. The molecule has 19 heavy (non-hydrogen) atoms. The van der Waals surface area contributed by atoms with Gasteiger partial charge in [0.2, 0.25) is 0 Å². The Labute approximate surface area is 117 Å². The fourth-order valence-electron chi connectivity index (χ4n) is 1.75. The van der Waals surface area contributed by atoms with Crippen LogP contribution < -0.4 is 15.2 Å². The molecule has 2 aromatic rings. The summed E-state index contributed by atoms with van der Waals surface area (Å²) in [5.41, 5.74) is 7.55. The summed E-state index contributed by atoms with van der Waals surface area (Å²) < 4.78 is 11.1. The summed E-state index contributed by atoms with van der Waals surface area (Å²) in [5.74, 6) is 1.88. The highest BCUT2D eigenvalue weighted by Gasteiger charge is 2.09. The summed E-state index contributed by atoms with van der Waals surface area (Å²) in [6, 6.07) is 11.0. The van der Waals surface area contributed by atoms with Crippen LogP contribution in [0.2, 0.25) is 5.02 Å². The largest absolute Gasteiger partial charge is 0.493 e. The monoisotopic (exact) mass is 277 g/mol. The molecule has 0 heterocycles. The summed E-state index contributed by atoms with van der Waals surface area (Å²) in [7, 11) is 1.62. The number of rotatable bonds is 4. The first-order chi connectivity index (χ1) is 9.13. The molecule has 2 N–H and O–H groups in total. The summed E-state index contributed by atoms with van der Waals surface area (Å²) in [6.07, 6.45) is 0.944. The van der Waals surface area contributed by atoms with Gasteiger partial charge in [0.25, 0.3) is 0 Å². The number of nitrogen functional groups attached to an aromatic ring is 1. The van der Waals surface area contributed by atoms with Crippen LogP contribution in [0.25, 0.3) is 0 Å². The first-order valence-corrected chi connectivity index (χ1v) is 6.41. The number of nitrogens with two attached hydrogens (primary N) is 1. The molecule has 2 rings (SSSR count). The van der Waals surface area contributed by atoms with Gasteiger partial charge in [0, 0.05) is 5.02 Å². The van der Waals surface area contributed by atoms with Crippen LogP contribution in [0, 0.1) is 0 Å². The number of halogens is 1. The Morgan fingerprint density at radius 3 is 2.42 bits per heavy atom. The van der Waals surface area contributed by atoms with E-state index in [4.69, 9.17) is 26.8 Å². The molecule has 3 nitrogen and oxygen atoms in total. The maximum absolute atomic E-state index is 5.87. The van der Waals surface area contributed by atoms with Crippen molar-refractivity contribution in [3.8, 4) is 17.2 Å². The minimum Gasteiger partial charge on any atom is -0.493 e. The molecule has 0 spiro atoms. The van der Waals surface area contributed by atoms with Crippen molar-refractivity contribution in [3.63, 3.8) is 0 Å². The van der Waals surface area contributed by atoms with E-state index in [1.54, 1.807) is 25.3 Å². The van der Waals surface area contributed by atoms with Crippen LogP contribution >= 0.6 is 11.6 Å². The Morgan fingerprint density at radius 2 is 1.79 bits per heavy atom. The summed E-state index contributed by atoms with van der Waals surface area (Å²) >= 11 is 5.86. The average molecular weight is 278 g/mol. The first kappa shape index (κ1) is 13.6. The van der Waals surface area contributed by atoms with Gasteiger partial charge in [-0.05, 0) is 42.3 Å². The zero-order valence-corrected chi connectivity index (χ0v) is 11.7. The lowest BCUT2D eigenvalue weighted by Gasteiger charge is -2.13. The number of aryl methyl sites for hydroxylation is 1. The van der Waals surface area contributed by atoms with Gasteiger partial charge in [0.1, 0.15) is 0 Å². The third kappa shape index (κ3) is 3.12. The van der Waals surface area contributed by atoms with E-state index in [9.17, 15) is 0 Å². The van der Waals surface area contributed by atoms with Crippen molar-refractivity contribution in [1.29, 1.82) is 0 Å². The third-order valence-corrected chi connectivity index (χ3v) is 3.06. The molecule has 100 valence electrons. The molecule has 0 radical (unpaired) electrons. The van der Waals surface area contributed by atoms with Gasteiger partial charge in [-0.1, -0.05) is 24.6 Å². The number of hydrogen-bond donors (Lipinski definition) is 1. The molecule has 0 atom stereocenters. The zero-order chi connectivity index (χ0) is 13.8. The third-order valence-electron chi connectivity index (χ3n) is 2.83. The number of benzene rings is 2. The maximum Gasteiger partial charge on any atom is 0.169 e. The Morgan fingerprint density at radius 1 is 1.05 bits per heavy atom. The molecule has 0 bridgehead atoms. The van der Waals surface area contributed by atoms with Crippen LogP contribution in [0.4, 0.5) is 5.69 Å². The van der Waals surface area contributed by atoms with Crippen molar-refractivity contribution in [3.05, 3.63) is 47.0 Å².